The normalized spacial score (nSPS) is 9.71. The van der Waals surface area contributed by atoms with E-state index in [-0.39, 0.29) is 0 Å². The van der Waals surface area contributed by atoms with E-state index < -0.39 is 0 Å². The fourth-order valence-corrected chi connectivity index (χ4v) is 1.25. The Morgan fingerprint density at radius 3 is 2.93 bits per heavy atom. The van der Waals surface area contributed by atoms with Gasteiger partial charge < -0.3 is 0 Å². The van der Waals surface area contributed by atoms with Crippen LogP contribution in [0.25, 0.3) is 5.82 Å². The highest BCUT2D eigenvalue weighted by atomic mass is 15.3. The van der Waals surface area contributed by atoms with E-state index in [1.165, 1.54) is 0 Å². The van der Waals surface area contributed by atoms with Crippen molar-refractivity contribution >= 4 is 0 Å². The Balaban J connectivity index is 2.66. The Kier molecular flexibility index (Phi) is 1.99. The maximum Gasteiger partial charge on any atom is 0.171 e. The van der Waals surface area contributed by atoms with E-state index in [4.69, 9.17) is 5.26 Å². The van der Waals surface area contributed by atoms with Crippen LogP contribution in [-0.2, 0) is 0 Å². The first kappa shape index (κ1) is 8.45. The van der Waals surface area contributed by atoms with Crippen LogP contribution in [0.2, 0.25) is 0 Å². The summed E-state index contributed by atoms with van der Waals surface area (Å²) in [4.78, 5) is 4.13. The van der Waals surface area contributed by atoms with Gasteiger partial charge in [0.15, 0.2) is 5.82 Å². The molecule has 0 aliphatic carbocycles. The summed E-state index contributed by atoms with van der Waals surface area (Å²) >= 11 is 0. The minimum Gasteiger partial charge on any atom is -0.236 e. The first-order chi connectivity index (χ1) is 6.83. The van der Waals surface area contributed by atoms with E-state index >= 15 is 0 Å². The van der Waals surface area contributed by atoms with Crippen LogP contribution in [0.15, 0.2) is 30.7 Å². The lowest BCUT2D eigenvalue weighted by Gasteiger charge is -2.04. The molecule has 2 aromatic heterocycles. The lowest BCUT2D eigenvalue weighted by Crippen LogP contribution is -2.02. The summed E-state index contributed by atoms with van der Waals surface area (Å²) in [7, 11) is 0. The maximum atomic E-state index is 8.97. The molecule has 0 unspecified atom stereocenters. The van der Waals surface area contributed by atoms with Crippen molar-refractivity contribution in [3.05, 3.63) is 41.9 Å². The number of hydrogen-bond donors (Lipinski definition) is 0. The van der Waals surface area contributed by atoms with Gasteiger partial charge in [-0.05, 0) is 24.6 Å². The van der Waals surface area contributed by atoms with Gasteiger partial charge in [0.05, 0.1) is 5.56 Å². The molecule has 0 aromatic carbocycles. The highest BCUT2D eigenvalue weighted by molar-refractivity contribution is 5.47. The lowest BCUT2D eigenvalue weighted by molar-refractivity contribution is 0.841. The summed E-state index contributed by atoms with van der Waals surface area (Å²) < 4.78 is 1.59. The van der Waals surface area contributed by atoms with Crippen LogP contribution in [0.4, 0.5) is 0 Å². The summed E-state index contributed by atoms with van der Waals surface area (Å²) in [5, 5.41) is 13.0. The van der Waals surface area contributed by atoms with Crippen molar-refractivity contribution in [1.29, 1.82) is 5.26 Å². The number of nitriles is 1. The predicted molar refractivity (Wildman–Crippen MR) is 50.8 cm³/mol. The number of aryl methyl sites for hydroxylation is 1. The van der Waals surface area contributed by atoms with Gasteiger partial charge >= 0.3 is 0 Å². The molecule has 0 aliphatic heterocycles. The number of nitrogens with zero attached hydrogens (tertiary/aromatic N) is 4. The van der Waals surface area contributed by atoms with Crippen molar-refractivity contribution in [2.75, 3.05) is 0 Å². The topological polar surface area (TPSA) is 54.5 Å². The fraction of sp³-hybridized carbons (Fsp3) is 0.100. The molecular formula is C10H8N4. The summed E-state index contributed by atoms with van der Waals surface area (Å²) in [6.45, 7) is 1.88. The van der Waals surface area contributed by atoms with Crippen molar-refractivity contribution in [1.82, 2.24) is 14.8 Å². The standard InChI is InChI=1S/C10H8N4/c1-8-3-5-12-10(9(8)7-11)14-6-2-4-13-14/h2-6H,1H3. The van der Waals surface area contributed by atoms with E-state index in [9.17, 15) is 0 Å². The monoisotopic (exact) mass is 184 g/mol. The molecule has 0 spiro atoms. The molecule has 0 aliphatic rings. The molecule has 0 amide bonds. The summed E-state index contributed by atoms with van der Waals surface area (Å²) in [6, 6.07) is 5.74. The maximum absolute atomic E-state index is 8.97. The van der Waals surface area contributed by atoms with E-state index in [1.54, 1.807) is 29.3 Å². The van der Waals surface area contributed by atoms with Gasteiger partial charge in [-0.3, -0.25) is 0 Å². The highest BCUT2D eigenvalue weighted by Crippen LogP contribution is 2.13. The number of hydrogen-bond acceptors (Lipinski definition) is 3. The molecule has 0 saturated carbocycles. The third kappa shape index (κ3) is 1.25. The van der Waals surface area contributed by atoms with Gasteiger partial charge in [0.1, 0.15) is 6.07 Å². The molecule has 0 fully saturated rings. The molecule has 68 valence electrons. The van der Waals surface area contributed by atoms with Crippen molar-refractivity contribution in [3.8, 4) is 11.9 Å². The van der Waals surface area contributed by atoms with Crippen LogP contribution in [0, 0.1) is 18.3 Å². The Morgan fingerprint density at radius 2 is 2.29 bits per heavy atom. The zero-order valence-corrected chi connectivity index (χ0v) is 7.68. The average molecular weight is 184 g/mol. The second kappa shape index (κ2) is 3.30. The van der Waals surface area contributed by atoms with Crippen LogP contribution in [0.1, 0.15) is 11.1 Å². The molecule has 0 atom stereocenters. The van der Waals surface area contributed by atoms with E-state index in [2.05, 4.69) is 16.2 Å². The highest BCUT2D eigenvalue weighted by Gasteiger charge is 2.07. The smallest absolute Gasteiger partial charge is 0.171 e. The molecule has 0 saturated heterocycles. The fourth-order valence-electron chi connectivity index (χ4n) is 1.25. The van der Waals surface area contributed by atoms with E-state index in [1.807, 2.05) is 13.0 Å². The zero-order valence-electron chi connectivity index (χ0n) is 7.68. The van der Waals surface area contributed by atoms with Gasteiger partial charge in [-0.1, -0.05) is 0 Å². The van der Waals surface area contributed by atoms with E-state index in [0.29, 0.717) is 11.4 Å². The first-order valence-corrected chi connectivity index (χ1v) is 4.18. The predicted octanol–water partition coefficient (Wildman–Crippen LogP) is 1.45. The van der Waals surface area contributed by atoms with Gasteiger partial charge in [0, 0.05) is 18.6 Å². The third-order valence-corrected chi connectivity index (χ3v) is 1.97. The Hall–Kier alpha value is -2.15. The van der Waals surface area contributed by atoms with Gasteiger partial charge in [0.2, 0.25) is 0 Å². The number of rotatable bonds is 1. The van der Waals surface area contributed by atoms with Gasteiger partial charge in [0.25, 0.3) is 0 Å². The summed E-state index contributed by atoms with van der Waals surface area (Å²) in [6.07, 6.45) is 5.10. The molecule has 14 heavy (non-hydrogen) atoms. The van der Waals surface area contributed by atoms with Crippen LogP contribution < -0.4 is 0 Å². The minimum atomic E-state index is 0.566. The minimum absolute atomic E-state index is 0.566. The molecule has 2 rings (SSSR count). The Morgan fingerprint density at radius 1 is 1.43 bits per heavy atom. The summed E-state index contributed by atoms with van der Waals surface area (Å²) in [5.74, 6) is 0.581. The molecule has 0 bridgehead atoms. The molecule has 4 heteroatoms. The van der Waals surface area contributed by atoms with Crippen LogP contribution in [0.5, 0.6) is 0 Å². The van der Waals surface area contributed by atoms with Crippen LogP contribution in [-0.4, -0.2) is 14.8 Å². The van der Waals surface area contributed by atoms with Crippen molar-refractivity contribution < 1.29 is 0 Å². The first-order valence-electron chi connectivity index (χ1n) is 4.18. The van der Waals surface area contributed by atoms with Crippen molar-refractivity contribution in [2.24, 2.45) is 0 Å². The van der Waals surface area contributed by atoms with Crippen molar-refractivity contribution in [2.45, 2.75) is 6.92 Å². The SMILES string of the molecule is Cc1ccnc(-n2cccn2)c1C#N. The zero-order chi connectivity index (χ0) is 9.97. The molecule has 2 aromatic rings. The largest absolute Gasteiger partial charge is 0.236 e. The number of aromatic nitrogens is 3. The van der Waals surface area contributed by atoms with Crippen LogP contribution in [0.3, 0.4) is 0 Å². The molecule has 0 N–H and O–H groups in total. The Bertz CT molecular complexity index is 479. The molecule has 4 nitrogen and oxygen atoms in total. The molecular weight excluding hydrogens is 176 g/mol. The van der Waals surface area contributed by atoms with E-state index in [0.717, 1.165) is 5.56 Å². The number of pyridine rings is 1. The second-order valence-electron chi connectivity index (χ2n) is 2.89. The Labute approximate surface area is 81.4 Å². The lowest BCUT2D eigenvalue weighted by atomic mass is 10.1. The van der Waals surface area contributed by atoms with Gasteiger partial charge in [-0.15, -0.1) is 0 Å². The molecule has 2 heterocycles. The molecule has 0 radical (unpaired) electrons. The third-order valence-electron chi connectivity index (χ3n) is 1.97. The summed E-state index contributed by atoms with van der Waals surface area (Å²) in [5.41, 5.74) is 1.48. The van der Waals surface area contributed by atoms with Gasteiger partial charge in [-0.25, -0.2) is 9.67 Å². The average Bonchev–Trinajstić information content (AvgIpc) is 2.70. The quantitative estimate of drug-likeness (QED) is 0.674. The van der Waals surface area contributed by atoms with Crippen molar-refractivity contribution in [3.63, 3.8) is 0 Å². The van der Waals surface area contributed by atoms with Crippen LogP contribution >= 0.6 is 0 Å². The van der Waals surface area contributed by atoms with Gasteiger partial charge in [-0.2, -0.15) is 10.4 Å². The second-order valence-corrected chi connectivity index (χ2v) is 2.89.